The molecule has 0 saturated carbocycles. The van der Waals surface area contributed by atoms with Gasteiger partial charge in [0.25, 0.3) is 0 Å². The smallest absolute Gasteiger partial charge is 0.234 e. The fraction of sp³-hybridized carbons (Fsp3) is 0.100. The lowest BCUT2D eigenvalue weighted by molar-refractivity contribution is -0.113. The molecule has 158 valence electrons. The van der Waals surface area contributed by atoms with Gasteiger partial charge in [-0.15, -0.1) is 10.2 Å². The average molecular weight is 506 g/mol. The van der Waals surface area contributed by atoms with Crippen molar-refractivity contribution in [1.29, 1.82) is 0 Å². The van der Waals surface area contributed by atoms with E-state index < -0.39 is 17.5 Å². The molecular weight excluding hydrogens is 492 g/mol. The third-order valence-electron chi connectivity index (χ3n) is 4.13. The van der Waals surface area contributed by atoms with E-state index in [-0.39, 0.29) is 15.9 Å². The van der Waals surface area contributed by atoms with Gasteiger partial charge < -0.3 is 9.73 Å². The second-order valence-electron chi connectivity index (χ2n) is 6.29. The number of thioether (sulfide) groups is 1. The van der Waals surface area contributed by atoms with E-state index in [1.165, 1.54) is 0 Å². The van der Waals surface area contributed by atoms with Crippen molar-refractivity contribution in [3.05, 3.63) is 76.9 Å². The minimum absolute atomic E-state index is 0.0629. The third kappa shape index (κ3) is 5.00. The summed E-state index contributed by atoms with van der Waals surface area (Å²) in [5, 5.41) is 11.3. The van der Waals surface area contributed by atoms with Crippen LogP contribution >= 0.6 is 27.7 Å². The van der Waals surface area contributed by atoms with E-state index in [4.69, 9.17) is 4.42 Å². The van der Waals surface area contributed by atoms with Crippen molar-refractivity contribution in [3.8, 4) is 11.4 Å². The topological polar surface area (TPSA) is 85.8 Å². The molecule has 3 heterocycles. The molecule has 11 heteroatoms. The van der Waals surface area contributed by atoms with Crippen molar-refractivity contribution in [3.63, 3.8) is 0 Å². The molecule has 4 rings (SSSR count). The molecule has 4 aromatic rings. The maximum Gasteiger partial charge on any atom is 0.234 e. The molecule has 1 amide bonds. The summed E-state index contributed by atoms with van der Waals surface area (Å²) in [7, 11) is 0. The van der Waals surface area contributed by atoms with Crippen LogP contribution in [0.15, 0.2) is 69.1 Å². The zero-order valence-corrected chi connectivity index (χ0v) is 18.2. The van der Waals surface area contributed by atoms with Gasteiger partial charge in [-0.05, 0) is 46.3 Å². The molecule has 0 aliphatic carbocycles. The van der Waals surface area contributed by atoms with E-state index in [1.807, 2.05) is 16.7 Å². The summed E-state index contributed by atoms with van der Waals surface area (Å²) in [6.45, 7) is 0.353. The normalized spacial score (nSPS) is 10.9. The van der Waals surface area contributed by atoms with E-state index in [0.29, 0.717) is 29.4 Å². The van der Waals surface area contributed by atoms with Gasteiger partial charge >= 0.3 is 0 Å². The van der Waals surface area contributed by atoms with E-state index >= 15 is 0 Å². The van der Waals surface area contributed by atoms with Gasteiger partial charge in [-0.3, -0.25) is 14.3 Å². The van der Waals surface area contributed by atoms with Gasteiger partial charge in [-0.25, -0.2) is 8.78 Å². The zero-order chi connectivity index (χ0) is 21.8. The first-order valence-electron chi connectivity index (χ1n) is 8.94. The minimum atomic E-state index is -0.870. The van der Waals surface area contributed by atoms with Crippen molar-refractivity contribution in [2.75, 3.05) is 11.1 Å². The minimum Gasteiger partial charge on any atom is -0.467 e. The largest absolute Gasteiger partial charge is 0.467 e. The summed E-state index contributed by atoms with van der Waals surface area (Å²) >= 11 is 4.18. The van der Waals surface area contributed by atoms with Crippen molar-refractivity contribution < 1.29 is 18.0 Å². The summed E-state index contributed by atoms with van der Waals surface area (Å²) in [5.41, 5.74) is 0.635. The van der Waals surface area contributed by atoms with Gasteiger partial charge in [-0.1, -0.05) is 11.8 Å². The Morgan fingerprint density at radius 2 is 2.10 bits per heavy atom. The fourth-order valence-corrected chi connectivity index (χ4v) is 4.02. The van der Waals surface area contributed by atoms with E-state index in [0.717, 1.165) is 23.4 Å². The molecule has 7 nitrogen and oxygen atoms in total. The standard InChI is InChI=1S/C20H14BrF2N5O2S/c21-15-7-13(22)8-16(23)18(15)25-17(29)11-31-20-27-26-19(12-3-1-5-24-9-12)28(20)10-14-4-2-6-30-14/h1-9H,10-11H2,(H,25,29). The SMILES string of the molecule is O=C(CSc1nnc(-c2cccnc2)n1Cc1ccco1)Nc1c(F)cc(F)cc1Br. The highest BCUT2D eigenvalue weighted by Crippen LogP contribution is 2.28. The number of anilines is 1. The predicted octanol–water partition coefficient (Wildman–Crippen LogP) is 4.75. The van der Waals surface area contributed by atoms with E-state index in [2.05, 4.69) is 36.4 Å². The van der Waals surface area contributed by atoms with Gasteiger partial charge in [0.05, 0.1) is 24.2 Å². The number of nitrogens with one attached hydrogen (secondary N) is 1. The monoisotopic (exact) mass is 505 g/mol. The highest BCUT2D eigenvalue weighted by Gasteiger charge is 2.18. The van der Waals surface area contributed by atoms with Crippen LogP contribution in [0.4, 0.5) is 14.5 Å². The van der Waals surface area contributed by atoms with E-state index in [1.54, 1.807) is 30.8 Å². The summed E-state index contributed by atoms with van der Waals surface area (Å²) in [6, 6.07) is 9.02. The molecule has 0 unspecified atom stereocenters. The van der Waals surface area contributed by atoms with Crippen molar-refractivity contribution in [2.45, 2.75) is 11.7 Å². The molecule has 0 aliphatic rings. The van der Waals surface area contributed by atoms with Crippen molar-refractivity contribution >= 4 is 39.3 Å². The number of amides is 1. The number of hydrogen-bond donors (Lipinski definition) is 1. The van der Waals surface area contributed by atoms with Gasteiger partial charge in [0, 0.05) is 28.5 Å². The van der Waals surface area contributed by atoms with Crippen LogP contribution in [0, 0.1) is 11.6 Å². The molecule has 0 spiro atoms. The number of benzene rings is 1. The number of furan rings is 1. The van der Waals surface area contributed by atoms with Crippen LogP contribution in [0.5, 0.6) is 0 Å². The lowest BCUT2D eigenvalue weighted by atomic mass is 10.2. The average Bonchev–Trinajstić information content (AvgIpc) is 3.40. The van der Waals surface area contributed by atoms with Crippen LogP contribution in [-0.4, -0.2) is 31.4 Å². The maximum absolute atomic E-state index is 14.0. The molecule has 1 aromatic carbocycles. The quantitative estimate of drug-likeness (QED) is 0.364. The molecule has 0 aliphatic heterocycles. The number of carbonyl (C=O) groups excluding carboxylic acids is 1. The predicted molar refractivity (Wildman–Crippen MR) is 114 cm³/mol. The first-order valence-corrected chi connectivity index (χ1v) is 10.7. The molecule has 0 radical (unpaired) electrons. The summed E-state index contributed by atoms with van der Waals surface area (Å²) in [4.78, 5) is 16.5. The third-order valence-corrected chi connectivity index (χ3v) is 5.73. The van der Waals surface area contributed by atoms with E-state index in [9.17, 15) is 13.6 Å². The fourth-order valence-electron chi connectivity index (χ4n) is 2.77. The number of rotatable bonds is 7. The van der Waals surface area contributed by atoms with Crippen LogP contribution in [-0.2, 0) is 11.3 Å². The number of halogens is 3. The zero-order valence-electron chi connectivity index (χ0n) is 15.8. The second kappa shape index (κ2) is 9.40. The highest BCUT2D eigenvalue weighted by molar-refractivity contribution is 9.10. The maximum atomic E-state index is 14.0. The van der Waals surface area contributed by atoms with Crippen molar-refractivity contribution in [1.82, 2.24) is 19.7 Å². The van der Waals surface area contributed by atoms with Crippen LogP contribution in [0.1, 0.15) is 5.76 Å². The molecule has 0 fully saturated rings. The van der Waals surface area contributed by atoms with Gasteiger partial charge in [0.2, 0.25) is 5.91 Å². The van der Waals surface area contributed by atoms with Crippen LogP contribution in [0.3, 0.4) is 0 Å². The number of pyridine rings is 1. The highest BCUT2D eigenvalue weighted by atomic mass is 79.9. The molecule has 0 bridgehead atoms. The summed E-state index contributed by atoms with van der Waals surface area (Å²) in [5.74, 6) is -0.900. The Morgan fingerprint density at radius 3 is 2.81 bits per heavy atom. The number of nitrogens with zero attached hydrogens (tertiary/aromatic N) is 4. The Balaban J connectivity index is 1.53. The van der Waals surface area contributed by atoms with Gasteiger partial charge in [0.1, 0.15) is 11.6 Å². The Bertz CT molecular complexity index is 1180. The molecule has 3 aromatic heterocycles. The summed E-state index contributed by atoms with van der Waals surface area (Å²) in [6.07, 6.45) is 4.89. The van der Waals surface area contributed by atoms with Gasteiger partial charge in [-0.2, -0.15) is 0 Å². The molecule has 0 atom stereocenters. The number of carbonyl (C=O) groups is 1. The van der Waals surface area contributed by atoms with Crippen molar-refractivity contribution in [2.24, 2.45) is 0 Å². The Morgan fingerprint density at radius 1 is 1.23 bits per heavy atom. The number of aromatic nitrogens is 4. The lowest BCUT2D eigenvalue weighted by Gasteiger charge is -2.10. The lowest BCUT2D eigenvalue weighted by Crippen LogP contribution is -2.16. The van der Waals surface area contributed by atoms with Gasteiger partial charge in [0.15, 0.2) is 16.8 Å². The molecule has 1 N–H and O–H groups in total. The number of hydrogen-bond acceptors (Lipinski definition) is 6. The first kappa shape index (κ1) is 21.2. The first-order chi connectivity index (χ1) is 15.0. The Kier molecular flexibility index (Phi) is 6.42. The molecule has 0 saturated heterocycles. The van der Waals surface area contributed by atoms with Crippen LogP contribution < -0.4 is 5.32 Å². The second-order valence-corrected chi connectivity index (χ2v) is 8.09. The summed E-state index contributed by atoms with van der Waals surface area (Å²) < 4.78 is 34.6. The van der Waals surface area contributed by atoms with Crippen LogP contribution in [0.25, 0.3) is 11.4 Å². The molecular formula is C20H14BrF2N5O2S. The Hall–Kier alpha value is -3.05. The van der Waals surface area contributed by atoms with Crippen LogP contribution in [0.2, 0.25) is 0 Å². The molecule has 31 heavy (non-hydrogen) atoms. The Labute approximate surface area is 188 Å².